The number of urea groups is 1. The number of nitrogens with zero attached hydrogens (tertiary/aromatic N) is 2. The highest BCUT2D eigenvalue weighted by Crippen LogP contribution is 2.36. The minimum absolute atomic E-state index is 0.183. The lowest BCUT2D eigenvalue weighted by molar-refractivity contribution is 0.174. The van der Waals surface area contributed by atoms with E-state index >= 15 is 0 Å². The lowest BCUT2D eigenvalue weighted by Crippen LogP contribution is -2.44. The van der Waals surface area contributed by atoms with Gasteiger partial charge in [0.05, 0.1) is 6.04 Å². The van der Waals surface area contributed by atoms with Gasteiger partial charge in [-0.15, -0.1) is 0 Å². The van der Waals surface area contributed by atoms with Crippen LogP contribution in [0.15, 0.2) is 60.8 Å². The van der Waals surface area contributed by atoms with E-state index < -0.39 is 0 Å². The summed E-state index contributed by atoms with van der Waals surface area (Å²) in [7, 11) is 0. The van der Waals surface area contributed by atoms with Crippen LogP contribution in [0.2, 0.25) is 0 Å². The number of hydrogen-bond donors (Lipinski definition) is 1. The zero-order chi connectivity index (χ0) is 19.1. The number of amides is 2. The number of hydrogen-bond acceptors (Lipinski definition) is 3. The van der Waals surface area contributed by atoms with Gasteiger partial charge in [0.2, 0.25) is 6.79 Å². The fourth-order valence-corrected chi connectivity index (χ4v) is 3.77. The molecule has 2 aromatic carbocycles. The minimum atomic E-state index is -0.300. The highest BCUT2D eigenvalue weighted by molar-refractivity contribution is 5.90. The first-order valence-corrected chi connectivity index (χ1v) is 9.07. The molecular formula is C21H18FN3O3. The molecule has 7 heteroatoms. The Morgan fingerprint density at radius 1 is 1.04 bits per heavy atom. The van der Waals surface area contributed by atoms with Crippen molar-refractivity contribution in [3.05, 3.63) is 77.9 Å². The maximum absolute atomic E-state index is 13.4. The molecule has 0 spiro atoms. The highest BCUT2D eigenvalue weighted by Gasteiger charge is 2.32. The van der Waals surface area contributed by atoms with Gasteiger partial charge in [-0.2, -0.15) is 0 Å². The highest BCUT2D eigenvalue weighted by atomic mass is 19.1. The Hall–Kier alpha value is -3.48. The number of carbonyl (C=O) groups excluding carboxylic acids is 1. The Labute approximate surface area is 161 Å². The number of fused-ring (bicyclic) bond motifs is 2. The summed E-state index contributed by atoms with van der Waals surface area (Å²) in [5, 5.41) is 2.94. The molecule has 1 atom stereocenters. The average molecular weight is 379 g/mol. The summed E-state index contributed by atoms with van der Waals surface area (Å²) >= 11 is 0. The number of aromatic nitrogens is 1. The normalized spacial score (nSPS) is 17.3. The predicted molar refractivity (Wildman–Crippen MR) is 101 cm³/mol. The quantitative estimate of drug-likeness (QED) is 0.732. The summed E-state index contributed by atoms with van der Waals surface area (Å²) in [5.41, 5.74) is 2.49. The van der Waals surface area contributed by atoms with Crippen molar-refractivity contribution in [3.63, 3.8) is 0 Å². The molecule has 1 N–H and O–H groups in total. The molecule has 2 amide bonds. The molecule has 0 bridgehead atoms. The van der Waals surface area contributed by atoms with Crippen LogP contribution in [0.5, 0.6) is 11.5 Å². The van der Waals surface area contributed by atoms with E-state index in [-0.39, 0.29) is 24.7 Å². The summed E-state index contributed by atoms with van der Waals surface area (Å²) < 4.78 is 26.2. The Morgan fingerprint density at radius 3 is 2.71 bits per heavy atom. The van der Waals surface area contributed by atoms with Crippen LogP contribution < -0.4 is 14.8 Å². The molecule has 2 aliphatic heterocycles. The molecule has 142 valence electrons. The van der Waals surface area contributed by atoms with E-state index in [1.807, 2.05) is 18.3 Å². The van der Waals surface area contributed by atoms with E-state index in [1.165, 1.54) is 12.1 Å². The topological polar surface area (TPSA) is 55.7 Å². The zero-order valence-corrected chi connectivity index (χ0v) is 15.0. The fraction of sp³-hybridized carbons (Fsp3) is 0.190. The van der Waals surface area contributed by atoms with Gasteiger partial charge in [-0.1, -0.05) is 12.1 Å². The molecule has 3 heterocycles. The van der Waals surface area contributed by atoms with E-state index in [2.05, 4.69) is 9.88 Å². The fourth-order valence-electron chi connectivity index (χ4n) is 3.77. The van der Waals surface area contributed by atoms with Crippen LogP contribution in [-0.2, 0) is 6.54 Å². The van der Waals surface area contributed by atoms with Crippen LogP contribution in [0, 0.1) is 5.82 Å². The van der Waals surface area contributed by atoms with Gasteiger partial charge in [0.15, 0.2) is 11.5 Å². The lowest BCUT2D eigenvalue weighted by atomic mass is 10.0. The Kier molecular flexibility index (Phi) is 3.93. The third-order valence-electron chi connectivity index (χ3n) is 5.11. The molecule has 1 unspecified atom stereocenters. The number of nitrogens with one attached hydrogen (secondary N) is 1. The van der Waals surface area contributed by atoms with Gasteiger partial charge in [0.1, 0.15) is 5.82 Å². The van der Waals surface area contributed by atoms with Crippen molar-refractivity contribution < 1.29 is 18.7 Å². The maximum Gasteiger partial charge on any atom is 0.322 e. The van der Waals surface area contributed by atoms with E-state index in [4.69, 9.17) is 9.47 Å². The second kappa shape index (κ2) is 6.60. The van der Waals surface area contributed by atoms with Gasteiger partial charge in [0.25, 0.3) is 0 Å². The number of ether oxygens (including phenoxy) is 2. The lowest BCUT2D eigenvalue weighted by Gasteiger charge is -2.37. The van der Waals surface area contributed by atoms with Crippen molar-refractivity contribution in [1.29, 1.82) is 0 Å². The number of anilines is 1. The van der Waals surface area contributed by atoms with E-state index in [9.17, 15) is 9.18 Å². The smallest absolute Gasteiger partial charge is 0.322 e. The second-order valence-corrected chi connectivity index (χ2v) is 6.77. The van der Waals surface area contributed by atoms with Crippen molar-refractivity contribution in [1.82, 2.24) is 9.47 Å². The van der Waals surface area contributed by atoms with Crippen LogP contribution in [0.3, 0.4) is 0 Å². The first-order valence-electron chi connectivity index (χ1n) is 9.07. The number of halogens is 1. The second-order valence-electron chi connectivity index (χ2n) is 6.77. The Balaban J connectivity index is 1.45. The SMILES string of the molecule is O=C(Nc1ccc2c(c1)OCO2)N1CCn2cccc2C1c1ccc(F)cc1. The maximum atomic E-state index is 13.4. The molecule has 28 heavy (non-hydrogen) atoms. The molecule has 0 fully saturated rings. The molecule has 2 aliphatic rings. The standard InChI is InChI=1S/C21H18FN3O3/c22-15-5-3-14(4-6-15)20-17-2-1-9-24(17)10-11-25(20)21(26)23-16-7-8-18-19(12-16)28-13-27-18/h1-9,12,20H,10-11,13H2,(H,23,26). The first kappa shape index (κ1) is 16.7. The van der Waals surface area contributed by atoms with Gasteiger partial charge in [0, 0.05) is 36.7 Å². The summed E-state index contributed by atoms with van der Waals surface area (Å²) in [4.78, 5) is 14.9. The van der Waals surface area contributed by atoms with Crippen molar-refractivity contribution in [2.24, 2.45) is 0 Å². The number of carbonyl (C=O) groups is 1. The number of benzene rings is 2. The monoisotopic (exact) mass is 379 g/mol. The van der Waals surface area contributed by atoms with Gasteiger partial charge < -0.3 is 24.3 Å². The minimum Gasteiger partial charge on any atom is -0.454 e. The molecule has 0 aliphatic carbocycles. The van der Waals surface area contributed by atoms with Crippen molar-refractivity contribution in [3.8, 4) is 11.5 Å². The van der Waals surface area contributed by atoms with Crippen LogP contribution in [0.4, 0.5) is 14.9 Å². The Bertz CT molecular complexity index is 1030. The van der Waals surface area contributed by atoms with Crippen LogP contribution in [0.25, 0.3) is 0 Å². The average Bonchev–Trinajstić information content (AvgIpc) is 3.36. The molecule has 3 aromatic rings. The largest absolute Gasteiger partial charge is 0.454 e. The molecule has 0 saturated heterocycles. The number of rotatable bonds is 2. The Morgan fingerprint density at radius 2 is 1.86 bits per heavy atom. The van der Waals surface area contributed by atoms with Crippen LogP contribution in [0.1, 0.15) is 17.3 Å². The van der Waals surface area contributed by atoms with Gasteiger partial charge in [-0.05, 0) is 42.0 Å². The molecule has 1 aromatic heterocycles. The van der Waals surface area contributed by atoms with E-state index in [0.717, 1.165) is 11.3 Å². The molecule has 0 saturated carbocycles. The first-order chi connectivity index (χ1) is 13.7. The molecular weight excluding hydrogens is 361 g/mol. The van der Waals surface area contributed by atoms with Crippen LogP contribution >= 0.6 is 0 Å². The summed E-state index contributed by atoms with van der Waals surface area (Å²) in [6.07, 6.45) is 2.00. The van der Waals surface area contributed by atoms with Gasteiger partial charge in [-0.3, -0.25) is 0 Å². The summed E-state index contributed by atoms with van der Waals surface area (Å²) in [6, 6.07) is 15.0. The third kappa shape index (κ3) is 2.85. The van der Waals surface area contributed by atoms with Gasteiger partial charge >= 0.3 is 6.03 Å². The van der Waals surface area contributed by atoms with Crippen molar-refractivity contribution in [2.45, 2.75) is 12.6 Å². The van der Waals surface area contributed by atoms with Crippen molar-refractivity contribution >= 4 is 11.7 Å². The zero-order valence-electron chi connectivity index (χ0n) is 15.0. The van der Waals surface area contributed by atoms with Crippen LogP contribution in [-0.4, -0.2) is 28.8 Å². The summed E-state index contributed by atoms with van der Waals surface area (Å²) in [6.45, 7) is 1.43. The molecule has 0 radical (unpaired) electrons. The van der Waals surface area contributed by atoms with E-state index in [0.29, 0.717) is 30.3 Å². The third-order valence-corrected chi connectivity index (χ3v) is 5.11. The van der Waals surface area contributed by atoms with Crippen molar-refractivity contribution in [2.75, 3.05) is 18.7 Å². The van der Waals surface area contributed by atoms with Gasteiger partial charge in [-0.25, -0.2) is 9.18 Å². The molecule has 6 nitrogen and oxygen atoms in total. The molecule has 5 rings (SSSR count). The van der Waals surface area contributed by atoms with E-state index in [1.54, 1.807) is 35.2 Å². The predicted octanol–water partition coefficient (Wildman–Crippen LogP) is 3.99. The summed E-state index contributed by atoms with van der Waals surface area (Å²) in [5.74, 6) is 0.977.